The number of rotatable bonds is 10. The van der Waals surface area contributed by atoms with Gasteiger partial charge >= 0.3 is 0 Å². The van der Waals surface area contributed by atoms with E-state index in [2.05, 4.69) is 34.9 Å². The molecule has 1 aliphatic heterocycles. The summed E-state index contributed by atoms with van der Waals surface area (Å²) in [6.07, 6.45) is 1.65. The largest absolute Gasteiger partial charge is 0.342 e. The first-order valence-corrected chi connectivity index (χ1v) is 13.5. The fourth-order valence-corrected chi connectivity index (χ4v) is 4.82. The normalized spacial score (nSPS) is 17.1. The number of hydrogen-bond donors (Lipinski definition) is 3. The van der Waals surface area contributed by atoms with Crippen LogP contribution in [0.2, 0.25) is 0 Å². The van der Waals surface area contributed by atoms with Crippen LogP contribution >= 0.6 is 0 Å². The number of carbonyl (C=O) groups excluding carboxylic acids is 3. The van der Waals surface area contributed by atoms with Gasteiger partial charge in [-0.3, -0.25) is 14.4 Å². The van der Waals surface area contributed by atoms with Crippen molar-refractivity contribution >= 4 is 17.7 Å². The molecule has 0 aliphatic carbocycles. The summed E-state index contributed by atoms with van der Waals surface area (Å²) in [6, 6.07) is 17.1. The number of amides is 3. The Balaban J connectivity index is 1.75. The highest BCUT2D eigenvalue weighted by molar-refractivity contribution is 5.90. The number of nitrogens with zero attached hydrogens (tertiary/aromatic N) is 2. The Morgan fingerprint density at radius 2 is 1.68 bits per heavy atom. The van der Waals surface area contributed by atoms with Gasteiger partial charge in [0, 0.05) is 25.7 Å². The van der Waals surface area contributed by atoms with Crippen LogP contribution < -0.4 is 16.4 Å². The molecule has 1 aliphatic rings. The van der Waals surface area contributed by atoms with E-state index >= 15 is 0 Å². The lowest BCUT2D eigenvalue weighted by Crippen LogP contribution is -2.59. The highest BCUT2D eigenvalue weighted by atomic mass is 16.2. The predicted molar refractivity (Wildman–Crippen MR) is 151 cm³/mol. The van der Waals surface area contributed by atoms with Crippen LogP contribution in [0.4, 0.5) is 0 Å². The third-order valence-corrected chi connectivity index (χ3v) is 7.28. The number of nitrogens with one attached hydrogen (secondary N) is 2. The van der Waals surface area contributed by atoms with Gasteiger partial charge < -0.3 is 26.2 Å². The second-order valence-electron chi connectivity index (χ2n) is 11.2. The van der Waals surface area contributed by atoms with E-state index in [1.807, 2.05) is 56.0 Å². The second-order valence-corrected chi connectivity index (χ2v) is 11.2. The maximum Gasteiger partial charge on any atom is 0.246 e. The van der Waals surface area contributed by atoms with Crippen LogP contribution in [0, 0.1) is 5.41 Å². The summed E-state index contributed by atoms with van der Waals surface area (Å²) in [5.74, 6) is -0.473. The van der Waals surface area contributed by atoms with Crippen LogP contribution in [0.25, 0.3) is 11.1 Å². The minimum Gasteiger partial charge on any atom is -0.342 e. The molecule has 4 N–H and O–H groups in total. The average molecular weight is 522 g/mol. The SMILES string of the molecule is CN[C@@H](C)C(=O)N[C@H](C(=O)N1CCC[C@H]1CN(Cc1ccc(-c2ccccc2)cc1)C(=O)CN)C(C)(C)C. The van der Waals surface area contributed by atoms with Gasteiger partial charge in [0.05, 0.1) is 12.6 Å². The van der Waals surface area contributed by atoms with Crippen molar-refractivity contribution in [2.45, 2.75) is 65.2 Å². The molecule has 1 saturated heterocycles. The van der Waals surface area contributed by atoms with Crippen LogP contribution in [0.1, 0.15) is 46.1 Å². The minimum absolute atomic E-state index is 0.0919. The van der Waals surface area contributed by atoms with Gasteiger partial charge in [-0.2, -0.15) is 0 Å². The van der Waals surface area contributed by atoms with Crippen molar-refractivity contribution in [3.05, 3.63) is 60.2 Å². The molecule has 2 aromatic carbocycles. The molecule has 3 atom stereocenters. The number of benzene rings is 2. The molecule has 0 bridgehead atoms. The molecule has 0 radical (unpaired) electrons. The fraction of sp³-hybridized carbons (Fsp3) is 0.500. The van der Waals surface area contributed by atoms with E-state index in [-0.39, 0.29) is 30.3 Å². The third kappa shape index (κ3) is 7.42. The topological polar surface area (TPSA) is 108 Å². The molecule has 3 amide bonds. The van der Waals surface area contributed by atoms with E-state index in [0.717, 1.165) is 29.5 Å². The van der Waals surface area contributed by atoms with Crippen molar-refractivity contribution in [3.8, 4) is 11.1 Å². The van der Waals surface area contributed by atoms with Gasteiger partial charge in [0.2, 0.25) is 17.7 Å². The molecule has 0 saturated carbocycles. The molecule has 1 heterocycles. The van der Waals surface area contributed by atoms with Crippen LogP contribution in [0.3, 0.4) is 0 Å². The molecule has 8 nitrogen and oxygen atoms in total. The summed E-state index contributed by atoms with van der Waals surface area (Å²) < 4.78 is 0. The lowest BCUT2D eigenvalue weighted by atomic mass is 9.85. The van der Waals surface area contributed by atoms with E-state index in [4.69, 9.17) is 5.73 Å². The zero-order valence-corrected chi connectivity index (χ0v) is 23.4. The van der Waals surface area contributed by atoms with E-state index in [9.17, 15) is 14.4 Å². The molecule has 3 rings (SSSR count). The van der Waals surface area contributed by atoms with Crippen LogP contribution in [0.5, 0.6) is 0 Å². The molecular weight excluding hydrogens is 478 g/mol. The average Bonchev–Trinajstić information content (AvgIpc) is 3.38. The predicted octanol–water partition coefficient (Wildman–Crippen LogP) is 2.77. The Morgan fingerprint density at radius 1 is 1.05 bits per heavy atom. The maximum atomic E-state index is 13.8. The van der Waals surface area contributed by atoms with Crippen molar-refractivity contribution in [2.75, 3.05) is 26.7 Å². The standard InChI is InChI=1S/C30H43N5O3/c1-21(32-5)28(37)33-27(30(2,3)4)29(38)35-17-9-12-25(35)20-34(26(36)18-31)19-22-13-15-24(16-14-22)23-10-7-6-8-11-23/h6-8,10-11,13-16,21,25,27,32H,9,12,17-20,31H2,1-5H3,(H,33,37)/t21-,25-,27+/m0/s1. The van der Waals surface area contributed by atoms with Crippen molar-refractivity contribution in [2.24, 2.45) is 11.1 Å². The molecule has 2 aromatic rings. The molecule has 0 unspecified atom stereocenters. The van der Waals surface area contributed by atoms with Crippen LogP contribution in [-0.4, -0.2) is 72.3 Å². The van der Waals surface area contributed by atoms with Gasteiger partial charge in [-0.15, -0.1) is 0 Å². The molecular formula is C30H43N5O3. The van der Waals surface area contributed by atoms with Crippen molar-refractivity contribution in [3.63, 3.8) is 0 Å². The number of nitrogens with two attached hydrogens (primary N) is 1. The van der Waals surface area contributed by atoms with Gasteiger partial charge in [-0.05, 0) is 48.9 Å². The van der Waals surface area contributed by atoms with Crippen molar-refractivity contribution in [1.82, 2.24) is 20.4 Å². The molecule has 0 spiro atoms. The van der Waals surface area contributed by atoms with E-state index in [1.165, 1.54) is 0 Å². The Kier molecular flexibility index (Phi) is 10.1. The van der Waals surface area contributed by atoms with Crippen LogP contribution in [0.15, 0.2) is 54.6 Å². The first kappa shape index (κ1) is 29.3. The fourth-order valence-electron chi connectivity index (χ4n) is 4.82. The van der Waals surface area contributed by atoms with Gasteiger partial charge in [0.1, 0.15) is 6.04 Å². The Hall–Kier alpha value is -3.23. The minimum atomic E-state index is -0.671. The quantitative estimate of drug-likeness (QED) is 0.446. The zero-order chi connectivity index (χ0) is 27.9. The molecule has 0 aromatic heterocycles. The summed E-state index contributed by atoms with van der Waals surface area (Å²) in [4.78, 5) is 42.9. The van der Waals surface area contributed by atoms with Gasteiger partial charge in [0.25, 0.3) is 0 Å². The lowest BCUT2D eigenvalue weighted by molar-refractivity contribution is -0.142. The highest BCUT2D eigenvalue weighted by Gasteiger charge is 2.40. The van der Waals surface area contributed by atoms with E-state index < -0.39 is 17.5 Å². The Labute approximate surface area is 226 Å². The zero-order valence-electron chi connectivity index (χ0n) is 23.4. The molecule has 206 valence electrons. The Bertz CT molecular complexity index is 1080. The number of carbonyl (C=O) groups is 3. The number of hydrogen-bond acceptors (Lipinski definition) is 5. The third-order valence-electron chi connectivity index (χ3n) is 7.28. The van der Waals surface area contributed by atoms with Crippen LogP contribution in [-0.2, 0) is 20.9 Å². The van der Waals surface area contributed by atoms with Gasteiger partial charge in [-0.1, -0.05) is 75.4 Å². The summed E-state index contributed by atoms with van der Waals surface area (Å²) in [5.41, 5.74) is 8.55. The number of likely N-dealkylation sites (N-methyl/N-ethyl adjacent to an activating group) is 1. The summed E-state index contributed by atoms with van der Waals surface area (Å²) in [5, 5.41) is 5.88. The Morgan fingerprint density at radius 3 is 2.26 bits per heavy atom. The van der Waals surface area contributed by atoms with Gasteiger partial charge in [-0.25, -0.2) is 0 Å². The van der Waals surface area contributed by atoms with Crippen molar-refractivity contribution in [1.29, 1.82) is 0 Å². The first-order chi connectivity index (χ1) is 18.0. The maximum absolute atomic E-state index is 13.8. The smallest absolute Gasteiger partial charge is 0.246 e. The van der Waals surface area contributed by atoms with E-state index in [0.29, 0.717) is 19.6 Å². The second kappa shape index (κ2) is 13.0. The van der Waals surface area contributed by atoms with E-state index in [1.54, 1.807) is 18.9 Å². The summed E-state index contributed by atoms with van der Waals surface area (Å²) in [7, 11) is 1.72. The molecule has 1 fully saturated rings. The lowest BCUT2D eigenvalue weighted by Gasteiger charge is -2.37. The summed E-state index contributed by atoms with van der Waals surface area (Å²) in [6.45, 7) is 8.95. The monoisotopic (exact) mass is 521 g/mol. The number of likely N-dealkylation sites (tertiary alicyclic amines) is 1. The molecule has 8 heteroatoms. The van der Waals surface area contributed by atoms with Gasteiger partial charge in [0.15, 0.2) is 0 Å². The highest BCUT2D eigenvalue weighted by Crippen LogP contribution is 2.27. The molecule has 38 heavy (non-hydrogen) atoms. The summed E-state index contributed by atoms with van der Waals surface area (Å²) >= 11 is 0. The van der Waals surface area contributed by atoms with Crippen molar-refractivity contribution < 1.29 is 14.4 Å². The first-order valence-electron chi connectivity index (χ1n) is 13.5.